The molecule has 6 aromatic rings. The predicted octanol–water partition coefficient (Wildman–Crippen LogP) is 2.74. The van der Waals surface area contributed by atoms with Crippen molar-refractivity contribution in [2.24, 2.45) is 0 Å². The molecule has 0 aliphatic carbocycles. The van der Waals surface area contributed by atoms with Crippen LogP contribution >= 0.6 is 0 Å². The number of nitrogens with zero attached hydrogens (tertiary/aromatic N) is 2. The van der Waals surface area contributed by atoms with Crippen molar-refractivity contribution >= 4 is 34.0 Å². The Bertz CT molecular complexity index is 1680. The number of esters is 1. The Morgan fingerprint density at radius 1 is 0.750 bits per heavy atom. The van der Waals surface area contributed by atoms with Crippen molar-refractivity contribution in [2.45, 2.75) is 20.0 Å². The molecule has 4 aromatic heterocycles. The number of H-pyrrole nitrogens is 2. The summed E-state index contributed by atoms with van der Waals surface area (Å²) in [5.41, 5.74) is 6.86. The fraction of sp³-hybridized carbons (Fsp3) is 0.133. The molecule has 0 fully saturated rings. The average molecular weight is 565 g/mol. The van der Waals surface area contributed by atoms with Gasteiger partial charge in [0.2, 0.25) is 0 Å². The van der Waals surface area contributed by atoms with E-state index in [4.69, 9.17) is 9.84 Å². The summed E-state index contributed by atoms with van der Waals surface area (Å²) in [6.07, 6.45) is 3.98. The van der Waals surface area contributed by atoms with E-state index in [9.17, 15) is 9.59 Å². The minimum Gasteiger partial charge on any atom is -0.870 e. The predicted molar refractivity (Wildman–Crippen MR) is 149 cm³/mol. The summed E-state index contributed by atoms with van der Waals surface area (Å²) in [7, 11) is 0. The number of carbonyl (C=O) groups is 2. The Balaban J connectivity index is 0.000000211. The monoisotopic (exact) mass is 564 g/mol. The molecule has 0 aliphatic heterocycles. The van der Waals surface area contributed by atoms with E-state index in [0.29, 0.717) is 12.3 Å². The van der Waals surface area contributed by atoms with Crippen LogP contribution in [0.5, 0.6) is 0 Å². The summed E-state index contributed by atoms with van der Waals surface area (Å²) in [6, 6.07) is 27.7. The number of fused-ring (bicyclic) bond motifs is 2. The van der Waals surface area contributed by atoms with Gasteiger partial charge in [0.05, 0.1) is 28.7 Å². The molecule has 0 amide bonds. The van der Waals surface area contributed by atoms with Crippen LogP contribution in [0.2, 0.25) is 0 Å². The van der Waals surface area contributed by atoms with Crippen molar-refractivity contribution in [3.05, 3.63) is 120 Å². The van der Waals surface area contributed by atoms with Crippen LogP contribution in [0, 0.1) is 0 Å². The Labute approximate surface area is 273 Å². The first-order valence-electron chi connectivity index (χ1n) is 12.4. The number of carbonyl (C=O) groups excluding carboxylic acids is 1. The molecule has 0 saturated carbocycles. The smallest absolute Gasteiger partial charge is 0.870 e. The third-order valence-electron chi connectivity index (χ3n) is 6.23. The summed E-state index contributed by atoms with van der Waals surface area (Å²) in [5, 5.41) is 8.94. The maximum Gasteiger partial charge on any atom is 1.00 e. The number of aromatic amines is 2. The Kier molecular flexibility index (Phi) is 11.1. The third kappa shape index (κ3) is 7.22. The van der Waals surface area contributed by atoms with Crippen LogP contribution in [0.3, 0.4) is 0 Å². The summed E-state index contributed by atoms with van der Waals surface area (Å²) >= 11 is 0. The van der Waals surface area contributed by atoms with E-state index >= 15 is 0 Å². The number of benzene rings is 2. The Morgan fingerprint density at radius 3 is 1.65 bits per heavy atom. The maximum atomic E-state index is 11.7. The molecule has 4 N–H and O–H groups in total. The van der Waals surface area contributed by atoms with Crippen molar-refractivity contribution < 1.29 is 76.3 Å². The molecule has 0 saturated heterocycles. The Hall–Kier alpha value is -3.38. The quantitative estimate of drug-likeness (QED) is 0.202. The topological polar surface area (TPSA) is 135 Å². The second kappa shape index (κ2) is 14.3. The maximum absolute atomic E-state index is 11.7. The van der Waals surface area contributed by atoms with Crippen molar-refractivity contribution in [2.75, 3.05) is 6.61 Å². The fourth-order valence-corrected chi connectivity index (χ4v) is 4.41. The van der Waals surface area contributed by atoms with Crippen molar-refractivity contribution in [1.82, 2.24) is 19.1 Å². The zero-order valence-corrected chi connectivity index (χ0v) is 25.5. The number of carboxylic acid groups (broad SMARTS) is 1. The number of rotatable bonds is 7. The molecule has 200 valence electrons. The molecule has 0 unspecified atom stereocenters. The average Bonchev–Trinajstić information content (AvgIpc) is 3.69. The number of ether oxygens (including phenoxy) is 1. The first-order chi connectivity index (χ1) is 18.5. The van der Waals surface area contributed by atoms with Gasteiger partial charge in [0.1, 0.15) is 11.4 Å². The summed E-state index contributed by atoms with van der Waals surface area (Å²) < 4.78 is 9.16. The third-order valence-corrected chi connectivity index (χ3v) is 6.23. The van der Waals surface area contributed by atoms with Gasteiger partial charge in [0.25, 0.3) is 0 Å². The first-order valence-corrected chi connectivity index (χ1v) is 12.4. The van der Waals surface area contributed by atoms with E-state index in [1.165, 1.54) is 11.1 Å². The van der Waals surface area contributed by atoms with Gasteiger partial charge in [-0.25, -0.2) is 9.59 Å². The molecule has 0 radical (unpaired) electrons. The number of aromatic carboxylic acids is 1. The van der Waals surface area contributed by atoms with Gasteiger partial charge in [0.15, 0.2) is 0 Å². The van der Waals surface area contributed by atoms with Gasteiger partial charge < -0.3 is 34.4 Å². The molecule has 0 spiro atoms. The first kappa shape index (κ1) is 31.1. The van der Waals surface area contributed by atoms with Gasteiger partial charge in [-0.3, -0.25) is 0 Å². The van der Waals surface area contributed by atoms with Gasteiger partial charge in [-0.2, -0.15) is 0 Å². The van der Waals surface area contributed by atoms with Crippen LogP contribution < -0.4 is 51.4 Å². The van der Waals surface area contributed by atoms with Crippen LogP contribution in [0.15, 0.2) is 97.3 Å². The van der Waals surface area contributed by atoms with Crippen LogP contribution in [0.25, 0.3) is 22.1 Å². The van der Waals surface area contributed by atoms with Gasteiger partial charge in [-0.1, -0.05) is 60.7 Å². The second-order valence-electron chi connectivity index (χ2n) is 8.85. The van der Waals surface area contributed by atoms with Gasteiger partial charge in [0, 0.05) is 25.5 Å². The van der Waals surface area contributed by atoms with Crippen molar-refractivity contribution in [3.63, 3.8) is 0 Å². The van der Waals surface area contributed by atoms with E-state index in [1.807, 2.05) is 71.6 Å². The van der Waals surface area contributed by atoms with Crippen LogP contribution in [0.1, 0.15) is 39.0 Å². The van der Waals surface area contributed by atoms with Gasteiger partial charge in [-0.15, -0.1) is 0 Å². The number of hydrogen-bond acceptors (Lipinski definition) is 4. The van der Waals surface area contributed by atoms with Crippen LogP contribution in [-0.4, -0.2) is 48.2 Å². The van der Waals surface area contributed by atoms with Crippen LogP contribution in [0.4, 0.5) is 0 Å². The number of aromatic nitrogens is 4. The van der Waals surface area contributed by atoms with E-state index in [1.54, 1.807) is 13.0 Å². The largest absolute Gasteiger partial charge is 1.00 e. The standard InChI is InChI=1S/C16H16N2O2.C14H12N2O2.K.H2O/c1-2-20-16(19)14-10-15-13(17-14)8-9-18(15)11-12-6-4-3-5-7-12;17-14(18)12-8-13-11(15-12)6-7-16(13)9-10-4-2-1-3-5-10;;/h3-10,17H,2,11H2,1H3;1-8,15H,9H2,(H,17,18);;1H2/q;;+1;/p-1. The molecular weight excluding hydrogens is 535 g/mol. The zero-order valence-electron chi connectivity index (χ0n) is 22.4. The SMILES string of the molecule is CCOC(=O)c1cc2c(ccn2Cc2ccccc2)[nH]1.O=C(O)c1cc2c(ccn2Cc2ccccc2)[nH]1.[K+].[OH-]. The summed E-state index contributed by atoms with van der Waals surface area (Å²) in [5.74, 6) is -1.24. The minimum atomic E-state index is -0.933. The molecule has 10 heteroatoms. The zero-order chi connectivity index (χ0) is 26.5. The molecule has 0 aliphatic rings. The van der Waals surface area contributed by atoms with Crippen LogP contribution in [-0.2, 0) is 17.8 Å². The fourth-order valence-electron chi connectivity index (χ4n) is 4.41. The molecule has 4 heterocycles. The number of hydrogen-bond donors (Lipinski definition) is 3. The van der Waals surface area contributed by atoms with E-state index < -0.39 is 5.97 Å². The molecule has 0 bridgehead atoms. The number of nitrogens with one attached hydrogen (secondary N) is 2. The van der Waals surface area contributed by atoms with E-state index in [-0.39, 0.29) is 68.5 Å². The number of carboxylic acids is 1. The van der Waals surface area contributed by atoms with Gasteiger partial charge in [-0.05, 0) is 42.3 Å². The molecule has 9 nitrogen and oxygen atoms in total. The van der Waals surface area contributed by atoms with E-state index in [0.717, 1.165) is 35.2 Å². The summed E-state index contributed by atoms with van der Waals surface area (Å²) in [6.45, 7) is 3.70. The normalized spacial score (nSPS) is 10.3. The second-order valence-corrected chi connectivity index (χ2v) is 8.85. The summed E-state index contributed by atoms with van der Waals surface area (Å²) in [4.78, 5) is 28.6. The molecule has 2 aromatic carbocycles. The molecular formula is C30H29KN4O5. The van der Waals surface area contributed by atoms with E-state index in [2.05, 4.69) is 38.8 Å². The van der Waals surface area contributed by atoms with Crippen molar-refractivity contribution in [1.29, 1.82) is 0 Å². The molecule has 40 heavy (non-hydrogen) atoms. The molecule has 0 atom stereocenters. The minimum absolute atomic E-state index is 0. The Morgan fingerprint density at radius 2 is 1.20 bits per heavy atom. The molecule has 6 rings (SSSR count). The van der Waals surface area contributed by atoms with Crippen molar-refractivity contribution in [3.8, 4) is 0 Å². The van der Waals surface area contributed by atoms with Gasteiger partial charge >= 0.3 is 63.3 Å².